The molecule has 130 valence electrons. The van der Waals surface area contributed by atoms with E-state index in [1.807, 2.05) is 38.1 Å². The first-order chi connectivity index (χ1) is 11.9. The van der Waals surface area contributed by atoms with Crippen LogP contribution in [0.1, 0.15) is 39.5 Å². The third kappa shape index (κ3) is 3.55. The molecule has 0 aliphatic carbocycles. The minimum Gasteiger partial charge on any atom is -0.324 e. The Hall–Kier alpha value is -2.68. The number of rotatable bonds is 7. The van der Waals surface area contributed by atoms with Crippen LogP contribution in [0.25, 0.3) is 0 Å². The normalized spacial score (nSPS) is 19.1. The summed E-state index contributed by atoms with van der Waals surface area (Å²) in [5.41, 5.74) is 0.595. The Morgan fingerprint density at radius 1 is 1.32 bits per heavy atom. The van der Waals surface area contributed by atoms with Gasteiger partial charge in [0.25, 0.3) is 0 Å². The lowest BCUT2D eigenvalue weighted by molar-refractivity contribution is -0.132. The summed E-state index contributed by atoms with van der Waals surface area (Å²) in [5.74, 6) is 2.53. The molecule has 0 radical (unpaired) electrons. The molecule has 6 nitrogen and oxygen atoms in total. The summed E-state index contributed by atoms with van der Waals surface area (Å²) >= 11 is 0. The number of nitrogens with one attached hydrogen (secondary N) is 1. The molecule has 2 heterocycles. The number of terminal acetylenes is 1. The molecular formula is C19H22N4O2. The smallest absolute Gasteiger partial charge is 0.234 e. The molecule has 0 aromatic heterocycles. The molecule has 1 fully saturated rings. The summed E-state index contributed by atoms with van der Waals surface area (Å²) in [6.07, 6.45) is 7.42. The Morgan fingerprint density at radius 2 is 2.04 bits per heavy atom. The molecule has 1 aromatic rings. The van der Waals surface area contributed by atoms with Crippen LogP contribution in [0.15, 0.2) is 34.5 Å². The van der Waals surface area contributed by atoms with Crippen molar-refractivity contribution in [2.24, 2.45) is 15.6 Å². The average Bonchev–Trinajstić information content (AvgIpc) is 3.37. The first-order valence-corrected chi connectivity index (χ1v) is 8.45. The molecule has 2 aliphatic rings. The number of para-hydroxylation sites is 2. The molecule has 3 rings (SSSR count). The van der Waals surface area contributed by atoms with Crippen LogP contribution in [-0.2, 0) is 9.59 Å². The summed E-state index contributed by atoms with van der Waals surface area (Å²) in [5, 5.41) is 11.0. The molecule has 2 amide bonds. The van der Waals surface area contributed by atoms with E-state index >= 15 is 0 Å². The maximum atomic E-state index is 12.3. The summed E-state index contributed by atoms with van der Waals surface area (Å²) < 4.78 is 0. The minimum atomic E-state index is -0.458. The highest BCUT2D eigenvalue weighted by Crippen LogP contribution is 2.39. The Morgan fingerprint density at radius 3 is 2.64 bits per heavy atom. The van der Waals surface area contributed by atoms with Gasteiger partial charge in [-0.25, -0.2) is 0 Å². The van der Waals surface area contributed by atoms with Crippen LogP contribution in [0.2, 0.25) is 0 Å². The van der Waals surface area contributed by atoms with E-state index in [-0.39, 0.29) is 17.2 Å². The maximum absolute atomic E-state index is 12.3. The van der Waals surface area contributed by atoms with Crippen molar-refractivity contribution in [2.75, 3.05) is 16.8 Å². The zero-order valence-electron chi connectivity index (χ0n) is 14.6. The van der Waals surface area contributed by atoms with Crippen molar-refractivity contribution in [1.82, 2.24) is 0 Å². The number of hydrogen-bond donors (Lipinski definition) is 1. The molecule has 0 atom stereocenters. The van der Waals surface area contributed by atoms with Gasteiger partial charge in [-0.15, -0.1) is 12.3 Å². The molecule has 6 heteroatoms. The molecule has 1 aromatic carbocycles. The van der Waals surface area contributed by atoms with Crippen molar-refractivity contribution in [3.8, 4) is 12.3 Å². The number of carbonyl (C=O) groups excluding carboxylic acids is 2. The van der Waals surface area contributed by atoms with E-state index in [1.54, 1.807) is 4.90 Å². The third-order valence-electron chi connectivity index (χ3n) is 4.65. The first-order valence-electron chi connectivity index (χ1n) is 8.45. The van der Waals surface area contributed by atoms with Crippen LogP contribution in [0.3, 0.4) is 0 Å². The number of carbonyl (C=O) groups is 2. The van der Waals surface area contributed by atoms with Crippen molar-refractivity contribution in [3.05, 3.63) is 24.3 Å². The fourth-order valence-corrected chi connectivity index (χ4v) is 3.01. The van der Waals surface area contributed by atoms with Crippen molar-refractivity contribution in [2.45, 2.75) is 45.2 Å². The van der Waals surface area contributed by atoms with E-state index in [9.17, 15) is 9.59 Å². The standard InChI is InChI=1S/C19H22N4O2/c1-4-5-11-19(21-22-19)12-10-16(24)20-14-8-6-7-9-15(14)23-13-18(2,3)17(23)25/h1,6-9H,5,10-13H2,2-3H3,(H,20,24). The number of nitrogens with zero attached hydrogens (tertiary/aromatic N) is 3. The summed E-state index contributed by atoms with van der Waals surface area (Å²) in [4.78, 5) is 26.3. The van der Waals surface area contributed by atoms with Crippen molar-refractivity contribution < 1.29 is 9.59 Å². The van der Waals surface area contributed by atoms with Crippen LogP contribution >= 0.6 is 0 Å². The SMILES string of the molecule is C#CCCC1(CCC(=O)Nc2ccccc2N2CC(C)(C)C2=O)N=N1. The molecule has 0 spiro atoms. The number of amides is 2. The fourth-order valence-electron chi connectivity index (χ4n) is 3.01. The molecule has 0 bridgehead atoms. The predicted molar refractivity (Wildman–Crippen MR) is 96.1 cm³/mol. The van der Waals surface area contributed by atoms with Gasteiger partial charge in [0.2, 0.25) is 11.8 Å². The minimum absolute atomic E-state index is 0.0676. The van der Waals surface area contributed by atoms with Gasteiger partial charge in [-0.2, -0.15) is 10.2 Å². The Labute approximate surface area is 147 Å². The number of hydrogen-bond acceptors (Lipinski definition) is 4. The lowest BCUT2D eigenvalue weighted by Crippen LogP contribution is -2.58. The molecule has 0 saturated carbocycles. The Bertz CT molecular complexity index is 770. The van der Waals surface area contributed by atoms with Gasteiger partial charge in [-0.05, 0) is 26.0 Å². The Kier molecular flexibility index (Phi) is 4.34. The average molecular weight is 338 g/mol. The molecule has 1 N–H and O–H groups in total. The van der Waals surface area contributed by atoms with E-state index in [0.717, 1.165) is 5.69 Å². The lowest BCUT2D eigenvalue weighted by Gasteiger charge is -2.45. The van der Waals surface area contributed by atoms with Gasteiger partial charge in [-0.3, -0.25) is 9.59 Å². The van der Waals surface area contributed by atoms with Crippen LogP contribution in [0, 0.1) is 17.8 Å². The van der Waals surface area contributed by atoms with Crippen LogP contribution in [-0.4, -0.2) is 24.0 Å². The second-order valence-corrected chi connectivity index (χ2v) is 7.23. The predicted octanol–water partition coefficient (Wildman–Crippen LogP) is 3.35. The highest BCUT2D eigenvalue weighted by Gasteiger charge is 2.45. The number of β-lactam (4-membered cyclic amide) rings is 1. The monoisotopic (exact) mass is 338 g/mol. The highest BCUT2D eigenvalue weighted by atomic mass is 16.2. The van der Waals surface area contributed by atoms with Crippen LogP contribution in [0.5, 0.6) is 0 Å². The largest absolute Gasteiger partial charge is 0.324 e. The third-order valence-corrected chi connectivity index (χ3v) is 4.65. The maximum Gasteiger partial charge on any atom is 0.234 e. The van der Waals surface area contributed by atoms with Gasteiger partial charge in [0.15, 0.2) is 5.66 Å². The van der Waals surface area contributed by atoms with Gasteiger partial charge in [0, 0.05) is 32.2 Å². The van der Waals surface area contributed by atoms with Gasteiger partial charge in [-0.1, -0.05) is 12.1 Å². The van der Waals surface area contributed by atoms with Crippen LogP contribution in [0.4, 0.5) is 11.4 Å². The molecule has 25 heavy (non-hydrogen) atoms. The number of anilines is 2. The quantitative estimate of drug-likeness (QED) is 0.611. The topological polar surface area (TPSA) is 74.1 Å². The Balaban J connectivity index is 1.59. The second-order valence-electron chi connectivity index (χ2n) is 7.23. The second kappa shape index (κ2) is 6.32. The van der Waals surface area contributed by atoms with E-state index in [0.29, 0.717) is 37.9 Å². The van der Waals surface area contributed by atoms with Gasteiger partial charge in [0.1, 0.15) is 0 Å². The summed E-state index contributed by atoms with van der Waals surface area (Å²) in [7, 11) is 0. The summed E-state index contributed by atoms with van der Waals surface area (Å²) in [6, 6.07) is 7.36. The zero-order chi connectivity index (χ0) is 18.1. The van der Waals surface area contributed by atoms with Gasteiger partial charge >= 0.3 is 0 Å². The molecular weight excluding hydrogens is 316 g/mol. The van der Waals surface area contributed by atoms with E-state index in [4.69, 9.17) is 6.42 Å². The van der Waals surface area contributed by atoms with E-state index < -0.39 is 5.66 Å². The van der Waals surface area contributed by atoms with E-state index in [1.165, 1.54) is 0 Å². The zero-order valence-corrected chi connectivity index (χ0v) is 14.6. The first kappa shape index (κ1) is 17.2. The van der Waals surface area contributed by atoms with Crippen LogP contribution < -0.4 is 10.2 Å². The molecule has 1 saturated heterocycles. The molecule has 0 unspecified atom stereocenters. The fraction of sp³-hybridized carbons (Fsp3) is 0.474. The van der Waals surface area contributed by atoms with Crippen molar-refractivity contribution >= 4 is 23.2 Å². The van der Waals surface area contributed by atoms with Crippen molar-refractivity contribution in [3.63, 3.8) is 0 Å². The van der Waals surface area contributed by atoms with Crippen molar-refractivity contribution in [1.29, 1.82) is 0 Å². The highest BCUT2D eigenvalue weighted by molar-refractivity contribution is 6.07. The molecule has 2 aliphatic heterocycles. The lowest BCUT2D eigenvalue weighted by atomic mass is 9.82. The van der Waals surface area contributed by atoms with Gasteiger partial charge < -0.3 is 10.2 Å². The van der Waals surface area contributed by atoms with E-state index in [2.05, 4.69) is 21.5 Å². The summed E-state index contributed by atoms with van der Waals surface area (Å²) in [6.45, 7) is 4.49. The van der Waals surface area contributed by atoms with Gasteiger partial charge in [0.05, 0.1) is 16.8 Å². The number of benzene rings is 1.